The zero-order valence-electron chi connectivity index (χ0n) is 31.8. The Balaban J connectivity index is 1.07. The molecule has 4 fully saturated rings. The van der Waals surface area contributed by atoms with Gasteiger partial charge in [-0.3, -0.25) is 14.4 Å². The van der Waals surface area contributed by atoms with Gasteiger partial charge in [-0.05, 0) is 134 Å². The fourth-order valence-corrected chi connectivity index (χ4v) is 12.9. The Kier molecular flexibility index (Phi) is 8.58. The lowest BCUT2D eigenvalue weighted by Gasteiger charge is -2.70. The van der Waals surface area contributed by atoms with Crippen LogP contribution in [0.15, 0.2) is 42.0 Å². The molecule has 0 spiro atoms. The quantitative estimate of drug-likeness (QED) is 0.170. The molecule has 0 radical (unpaired) electrons. The first-order valence-corrected chi connectivity index (χ1v) is 19.7. The number of hydrogen-bond donors (Lipinski definition) is 1. The van der Waals surface area contributed by atoms with Gasteiger partial charge in [-0.1, -0.05) is 71.4 Å². The van der Waals surface area contributed by atoms with Gasteiger partial charge in [0.2, 0.25) is 0 Å². The number of aromatic nitrogens is 1. The summed E-state index contributed by atoms with van der Waals surface area (Å²) in [5.41, 5.74) is 3.64. The van der Waals surface area contributed by atoms with Gasteiger partial charge in [0, 0.05) is 29.6 Å². The first-order chi connectivity index (χ1) is 23.5. The molecule has 0 unspecified atom stereocenters. The summed E-state index contributed by atoms with van der Waals surface area (Å²) >= 11 is 0. The monoisotopic (exact) mass is 683 g/mol. The van der Waals surface area contributed by atoms with Gasteiger partial charge < -0.3 is 14.4 Å². The van der Waals surface area contributed by atoms with E-state index in [1.807, 2.05) is 12.1 Å². The second-order valence-electron chi connectivity index (χ2n) is 19.1. The Morgan fingerprint density at radius 2 is 1.68 bits per heavy atom. The number of carboxylic acid groups (broad SMARTS) is 1. The summed E-state index contributed by atoms with van der Waals surface area (Å²) in [5.74, 6) is 1.00. The summed E-state index contributed by atoms with van der Waals surface area (Å²) in [4.78, 5) is 38.4. The van der Waals surface area contributed by atoms with Gasteiger partial charge in [0.15, 0.2) is 0 Å². The van der Waals surface area contributed by atoms with Crippen LogP contribution in [0.4, 0.5) is 0 Å². The SMILES string of the molecule is CC1(C)C(=O)CC[C@]2(C)[C@H]3CC=C4[C@@H]5C[C@@](C)(C(=O)OCCCn6c(CCC(=O)O)cc7ccccc76)CC[C@]5(C)CC[C@@]4(C)[C@]3(C)CC[C@@H]12. The third-order valence-corrected chi connectivity index (χ3v) is 16.3. The lowest BCUT2D eigenvalue weighted by atomic mass is 9.33. The van der Waals surface area contributed by atoms with Crippen molar-refractivity contribution in [1.82, 2.24) is 4.57 Å². The van der Waals surface area contributed by atoms with Crippen LogP contribution < -0.4 is 0 Å². The number of Topliss-reactive ketones (excluding diaryl/α,β-unsaturated/α-hetero) is 1. The average molecular weight is 684 g/mol. The van der Waals surface area contributed by atoms with Crippen molar-refractivity contribution in [3.63, 3.8) is 0 Å². The van der Waals surface area contributed by atoms with Gasteiger partial charge in [0.25, 0.3) is 0 Å². The van der Waals surface area contributed by atoms with E-state index in [0.29, 0.717) is 49.5 Å². The number of aliphatic carboxylic acids is 1. The van der Waals surface area contributed by atoms with E-state index in [0.717, 1.165) is 61.5 Å². The molecule has 6 nitrogen and oxygen atoms in total. The minimum absolute atomic E-state index is 0.0575. The predicted molar refractivity (Wildman–Crippen MR) is 198 cm³/mol. The highest BCUT2D eigenvalue weighted by Crippen LogP contribution is 2.75. The van der Waals surface area contributed by atoms with E-state index < -0.39 is 11.4 Å². The molecule has 6 heteroatoms. The first-order valence-electron chi connectivity index (χ1n) is 19.7. The molecule has 8 atom stereocenters. The highest BCUT2D eigenvalue weighted by Gasteiger charge is 2.68. The van der Waals surface area contributed by atoms with Crippen molar-refractivity contribution in [3.05, 3.63) is 47.7 Å². The lowest BCUT2D eigenvalue weighted by molar-refractivity contribution is -0.186. The molecule has 272 valence electrons. The van der Waals surface area contributed by atoms with Crippen LogP contribution in [-0.4, -0.2) is 34.0 Å². The van der Waals surface area contributed by atoms with Crippen LogP contribution in [0.2, 0.25) is 0 Å². The Hall–Kier alpha value is -2.89. The van der Waals surface area contributed by atoms with E-state index in [1.54, 1.807) is 5.57 Å². The minimum Gasteiger partial charge on any atom is -0.481 e. The molecule has 50 heavy (non-hydrogen) atoms. The fraction of sp³-hybridized carbons (Fsp3) is 0.705. The number of carbonyl (C=O) groups excluding carboxylic acids is 2. The van der Waals surface area contributed by atoms with Crippen LogP contribution in [-0.2, 0) is 32.1 Å². The van der Waals surface area contributed by atoms with Gasteiger partial charge in [0.05, 0.1) is 18.4 Å². The standard InChI is InChI=1S/C44H61NO5/c1-39(2)34-17-20-44(7)35(42(34,5)19-18-36(39)46)15-14-31-32-28-41(4,22-21-40(32,3)23-24-43(31,44)6)38(49)50-26-10-25-45-30(13-16-37(47)48)27-29-11-8-9-12-33(29)45/h8-9,11-12,14,27,32,34-35H,10,13,15-26,28H2,1-7H3,(H,47,48)/t32-,34-,35+,40+,41-,42-,43+,44+/m0/s1. The molecular formula is C44H61NO5. The number of allylic oxidation sites excluding steroid dienone is 2. The Bertz CT molecular complexity index is 1730. The molecule has 1 aromatic carbocycles. The molecule has 0 amide bonds. The van der Waals surface area contributed by atoms with Crippen molar-refractivity contribution in [1.29, 1.82) is 0 Å². The smallest absolute Gasteiger partial charge is 0.311 e. The van der Waals surface area contributed by atoms with Crippen molar-refractivity contribution in [2.24, 2.45) is 50.2 Å². The van der Waals surface area contributed by atoms with Gasteiger partial charge >= 0.3 is 11.9 Å². The van der Waals surface area contributed by atoms with Crippen LogP contribution in [0, 0.1) is 50.2 Å². The molecule has 1 heterocycles. The summed E-state index contributed by atoms with van der Waals surface area (Å²) in [6, 6.07) is 10.3. The van der Waals surface area contributed by atoms with E-state index in [9.17, 15) is 19.5 Å². The fourth-order valence-electron chi connectivity index (χ4n) is 12.9. The number of carboxylic acids is 1. The highest BCUT2D eigenvalue weighted by molar-refractivity contribution is 5.85. The van der Waals surface area contributed by atoms with Crippen LogP contribution in [0.1, 0.15) is 131 Å². The molecule has 7 rings (SSSR count). The van der Waals surface area contributed by atoms with Crippen molar-refractivity contribution >= 4 is 28.6 Å². The third-order valence-electron chi connectivity index (χ3n) is 16.3. The van der Waals surface area contributed by atoms with Crippen molar-refractivity contribution < 1.29 is 24.2 Å². The zero-order valence-corrected chi connectivity index (χ0v) is 31.8. The molecule has 1 N–H and O–H groups in total. The largest absolute Gasteiger partial charge is 0.481 e. The van der Waals surface area contributed by atoms with Crippen molar-refractivity contribution in [2.75, 3.05) is 6.61 Å². The Morgan fingerprint density at radius 1 is 0.940 bits per heavy atom. The van der Waals surface area contributed by atoms with Gasteiger partial charge in [-0.25, -0.2) is 0 Å². The molecule has 0 saturated heterocycles. The van der Waals surface area contributed by atoms with Crippen molar-refractivity contribution in [2.45, 2.75) is 138 Å². The molecule has 5 aliphatic rings. The van der Waals surface area contributed by atoms with Gasteiger partial charge in [-0.15, -0.1) is 0 Å². The Labute approximate surface area is 299 Å². The van der Waals surface area contributed by atoms with Crippen LogP contribution in [0.5, 0.6) is 0 Å². The number of rotatable bonds is 8. The Morgan fingerprint density at radius 3 is 2.44 bits per heavy atom. The van der Waals surface area contributed by atoms with Gasteiger partial charge in [-0.2, -0.15) is 0 Å². The number of nitrogens with zero attached hydrogens (tertiary/aromatic N) is 1. The second-order valence-corrected chi connectivity index (χ2v) is 19.1. The molecule has 5 aliphatic carbocycles. The number of esters is 1. The maximum atomic E-state index is 14.0. The predicted octanol–water partition coefficient (Wildman–Crippen LogP) is 9.96. The van der Waals surface area contributed by atoms with Gasteiger partial charge in [0.1, 0.15) is 5.78 Å². The number of para-hydroxylation sites is 1. The van der Waals surface area contributed by atoms with Crippen LogP contribution in [0.3, 0.4) is 0 Å². The van der Waals surface area contributed by atoms with E-state index in [4.69, 9.17) is 4.74 Å². The average Bonchev–Trinajstić information content (AvgIpc) is 3.42. The molecule has 0 aliphatic heterocycles. The number of fused-ring (bicyclic) bond motifs is 8. The number of ketones is 1. The van der Waals surface area contributed by atoms with Crippen LogP contribution in [0.25, 0.3) is 10.9 Å². The number of aryl methyl sites for hydroxylation is 2. The zero-order chi connectivity index (χ0) is 35.9. The van der Waals surface area contributed by atoms with Crippen molar-refractivity contribution in [3.8, 4) is 0 Å². The first kappa shape index (κ1) is 35.5. The summed E-state index contributed by atoms with van der Waals surface area (Å²) < 4.78 is 8.32. The number of hydrogen-bond acceptors (Lipinski definition) is 4. The highest BCUT2D eigenvalue weighted by atomic mass is 16.5. The maximum absolute atomic E-state index is 14.0. The normalized spacial score (nSPS) is 39.1. The van der Waals surface area contributed by atoms with E-state index in [2.05, 4.69) is 77.3 Å². The summed E-state index contributed by atoms with van der Waals surface area (Å²) in [5, 5.41) is 10.4. The third kappa shape index (κ3) is 5.27. The minimum atomic E-state index is -0.795. The van der Waals surface area contributed by atoms with E-state index >= 15 is 0 Å². The molecule has 1 aromatic heterocycles. The van der Waals surface area contributed by atoms with E-state index in [1.165, 1.54) is 19.3 Å². The summed E-state index contributed by atoms with van der Waals surface area (Å²) in [6.45, 7) is 17.9. The summed E-state index contributed by atoms with van der Waals surface area (Å²) in [6.07, 6.45) is 14.2. The number of benzene rings is 1. The van der Waals surface area contributed by atoms with E-state index in [-0.39, 0.29) is 39.5 Å². The molecule has 2 aromatic rings. The van der Waals surface area contributed by atoms with Crippen LogP contribution >= 0.6 is 0 Å². The summed E-state index contributed by atoms with van der Waals surface area (Å²) in [7, 11) is 0. The lowest BCUT2D eigenvalue weighted by Crippen LogP contribution is -2.64. The topological polar surface area (TPSA) is 85.6 Å². The molecule has 0 bridgehead atoms. The second kappa shape index (κ2) is 12.1. The molecule has 4 saturated carbocycles. The maximum Gasteiger partial charge on any atom is 0.311 e. The number of carbonyl (C=O) groups is 3. The number of ether oxygens (including phenoxy) is 1. The molecular weight excluding hydrogens is 622 g/mol.